The summed E-state index contributed by atoms with van der Waals surface area (Å²) in [6, 6.07) is 11.1. The largest absolute Gasteiger partial charge is 0.311 e. The molecule has 2 heterocycles. The zero-order valence-corrected chi connectivity index (χ0v) is 11.4. The number of fused-ring (bicyclic) bond motifs is 1. The number of thioether (sulfide) groups is 1. The molecule has 1 aliphatic heterocycles. The van der Waals surface area contributed by atoms with Crippen molar-refractivity contribution >= 4 is 11.8 Å². The Bertz CT molecular complexity index is 549. The van der Waals surface area contributed by atoms with Crippen molar-refractivity contribution in [3.63, 3.8) is 0 Å². The highest BCUT2D eigenvalue weighted by Gasteiger charge is 2.31. The van der Waals surface area contributed by atoms with E-state index in [-0.39, 0.29) is 0 Å². The second kappa shape index (κ2) is 4.78. The van der Waals surface area contributed by atoms with Gasteiger partial charge in [0.25, 0.3) is 0 Å². The van der Waals surface area contributed by atoms with Gasteiger partial charge in [-0.25, -0.2) is 0 Å². The van der Waals surface area contributed by atoms with Crippen LogP contribution in [0.2, 0.25) is 0 Å². The van der Waals surface area contributed by atoms with Crippen molar-refractivity contribution in [3.05, 3.63) is 47.8 Å². The first kappa shape index (κ1) is 11.8. The van der Waals surface area contributed by atoms with E-state index >= 15 is 0 Å². The normalized spacial score (nSPS) is 19.8. The van der Waals surface area contributed by atoms with Crippen LogP contribution in [0.5, 0.6) is 0 Å². The molecule has 1 aromatic heterocycles. The summed E-state index contributed by atoms with van der Waals surface area (Å²) >= 11 is 1.95. The number of nitrogens with one attached hydrogen (secondary N) is 1. The summed E-state index contributed by atoms with van der Waals surface area (Å²) in [5.41, 5.74) is 2.58. The van der Waals surface area contributed by atoms with Gasteiger partial charge in [-0.05, 0) is 24.7 Å². The lowest BCUT2D eigenvalue weighted by atomic mass is 9.91. The summed E-state index contributed by atoms with van der Waals surface area (Å²) in [6.45, 7) is 0. The lowest BCUT2D eigenvalue weighted by Gasteiger charge is -2.21. The molecule has 2 atom stereocenters. The predicted octanol–water partition coefficient (Wildman–Crippen LogP) is 2.57. The molecule has 0 amide bonds. The molecular weight excluding hydrogens is 242 g/mol. The molecule has 3 rings (SSSR count). The Balaban J connectivity index is 1.95. The zero-order valence-electron chi connectivity index (χ0n) is 10.6. The fraction of sp³-hybridized carbons (Fsp3) is 0.357. The number of likely N-dealkylation sites (N-methyl/N-ethyl adjacent to an activating group) is 1. The third-order valence-corrected chi connectivity index (χ3v) is 4.71. The molecule has 0 saturated carbocycles. The van der Waals surface area contributed by atoms with E-state index in [0.717, 1.165) is 11.4 Å². The Labute approximate surface area is 112 Å². The van der Waals surface area contributed by atoms with Gasteiger partial charge in [0.05, 0.1) is 11.7 Å². The van der Waals surface area contributed by atoms with Crippen molar-refractivity contribution < 1.29 is 0 Å². The standard InChI is InChI=1S/C14H17N3S/c1-15-14(12-7-8-17(2)16-12)11-9-18-13-6-4-3-5-10(11)13/h3-8,11,14-15H,9H2,1-2H3. The number of aromatic nitrogens is 2. The maximum absolute atomic E-state index is 4.54. The molecule has 18 heavy (non-hydrogen) atoms. The molecule has 3 nitrogen and oxygen atoms in total. The van der Waals surface area contributed by atoms with E-state index in [1.165, 1.54) is 10.5 Å². The molecule has 0 aliphatic carbocycles. The summed E-state index contributed by atoms with van der Waals surface area (Å²) in [6.07, 6.45) is 2.01. The van der Waals surface area contributed by atoms with Gasteiger partial charge >= 0.3 is 0 Å². The highest BCUT2D eigenvalue weighted by Crippen LogP contribution is 2.44. The van der Waals surface area contributed by atoms with Crippen LogP contribution in [0.1, 0.15) is 23.2 Å². The molecule has 0 radical (unpaired) electrons. The average Bonchev–Trinajstić information content (AvgIpc) is 2.98. The van der Waals surface area contributed by atoms with Gasteiger partial charge in [-0.15, -0.1) is 11.8 Å². The molecule has 0 saturated heterocycles. The third-order valence-electron chi connectivity index (χ3n) is 3.50. The van der Waals surface area contributed by atoms with Gasteiger partial charge in [0.1, 0.15) is 0 Å². The van der Waals surface area contributed by atoms with Gasteiger partial charge in [0.2, 0.25) is 0 Å². The van der Waals surface area contributed by atoms with E-state index < -0.39 is 0 Å². The molecule has 0 bridgehead atoms. The van der Waals surface area contributed by atoms with Crippen LogP contribution in [0, 0.1) is 0 Å². The minimum absolute atomic E-state index is 0.294. The molecule has 1 aliphatic rings. The Morgan fingerprint density at radius 2 is 2.22 bits per heavy atom. The highest BCUT2D eigenvalue weighted by atomic mass is 32.2. The van der Waals surface area contributed by atoms with Crippen molar-refractivity contribution in [1.82, 2.24) is 15.1 Å². The Morgan fingerprint density at radius 3 is 2.94 bits per heavy atom. The van der Waals surface area contributed by atoms with Crippen molar-refractivity contribution in [3.8, 4) is 0 Å². The fourth-order valence-corrected chi connectivity index (χ4v) is 3.91. The molecule has 0 fully saturated rings. The number of aryl methyl sites for hydroxylation is 1. The smallest absolute Gasteiger partial charge is 0.0800 e. The molecule has 0 spiro atoms. The SMILES string of the molecule is CNC(c1ccn(C)n1)C1CSc2ccccc21. The number of hydrogen-bond acceptors (Lipinski definition) is 3. The second-order valence-electron chi connectivity index (χ2n) is 4.64. The van der Waals surface area contributed by atoms with Crippen molar-refractivity contribution in [2.75, 3.05) is 12.8 Å². The lowest BCUT2D eigenvalue weighted by Crippen LogP contribution is -2.24. The zero-order chi connectivity index (χ0) is 12.5. The number of hydrogen-bond donors (Lipinski definition) is 1. The van der Waals surface area contributed by atoms with E-state index in [9.17, 15) is 0 Å². The van der Waals surface area contributed by atoms with Crippen LogP contribution >= 0.6 is 11.8 Å². The van der Waals surface area contributed by atoms with E-state index in [1.54, 1.807) is 0 Å². The van der Waals surface area contributed by atoms with Crippen molar-refractivity contribution in [1.29, 1.82) is 0 Å². The summed E-state index contributed by atoms with van der Waals surface area (Å²) in [4.78, 5) is 1.42. The predicted molar refractivity (Wildman–Crippen MR) is 74.9 cm³/mol. The van der Waals surface area contributed by atoms with Crippen molar-refractivity contribution in [2.45, 2.75) is 16.9 Å². The van der Waals surface area contributed by atoms with Gasteiger partial charge in [0.15, 0.2) is 0 Å². The first-order valence-electron chi connectivity index (χ1n) is 6.18. The molecule has 2 unspecified atom stereocenters. The van der Waals surface area contributed by atoms with E-state index in [4.69, 9.17) is 0 Å². The van der Waals surface area contributed by atoms with Crippen LogP contribution < -0.4 is 5.32 Å². The van der Waals surface area contributed by atoms with Crippen LogP contribution in [0.3, 0.4) is 0 Å². The molecule has 94 valence electrons. The van der Waals surface area contributed by atoms with Crippen LogP contribution in [0.25, 0.3) is 0 Å². The van der Waals surface area contributed by atoms with Gasteiger partial charge in [-0.2, -0.15) is 5.10 Å². The average molecular weight is 259 g/mol. The minimum atomic E-state index is 0.294. The number of rotatable bonds is 3. The Kier molecular flexibility index (Phi) is 3.14. The molecule has 2 aromatic rings. The van der Waals surface area contributed by atoms with Gasteiger partial charge in [0, 0.05) is 29.8 Å². The maximum Gasteiger partial charge on any atom is 0.0800 e. The Hall–Kier alpha value is -1.26. The molecular formula is C14H17N3S. The second-order valence-corrected chi connectivity index (χ2v) is 5.70. The van der Waals surface area contributed by atoms with Crippen LogP contribution in [0.4, 0.5) is 0 Å². The first-order valence-corrected chi connectivity index (χ1v) is 7.16. The van der Waals surface area contributed by atoms with E-state index in [0.29, 0.717) is 12.0 Å². The molecule has 1 aromatic carbocycles. The summed E-state index contributed by atoms with van der Waals surface area (Å²) in [5.74, 6) is 1.63. The quantitative estimate of drug-likeness (QED) is 0.919. The van der Waals surface area contributed by atoms with Gasteiger partial charge in [-0.3, -0.25) is 4.68 Å². The number of benzene rings is 1. The summed E-state index contributed by atoms with van der Waals surface area (Å²) in [5, 5.41) is 7.97. The molecule has 4 heteroatoms. The first-order chi connectivity index (χ1) is 8.79. The van der Waals surface area contributed by atoms with Crippen molar-refractivity contribution in [2.24, 2.45) is 7.05 Å². The molecule has 1 N–H and O–H groups in total. The van der Waals surface area contributed by atoms with E-state index in [2.05, 4.69) is 40.7 Å². The monoisotopic (exact) mass is 259 g/mol. The lowest BCUT2D eigenvalue weighted by molar-refractivity contribution is 0.495. The summed E-state index contributed by atoms with van der Waals surface area (Å²) in [7, 11) is 3.98. The van der Waals surface area contributed by atoms with Crippen LogP contribution in [-0.4, -0.2) is 22.6 Å². The highest BCUT2D eigenvalue weighted by molar-refractivity contribution is 7.99. The maximum atomic E-state index is 4.54. The minimum Gasteiger partial charge on any atom is -0.311 e. The van der Waals surface area contributed by atoms with Crippen LogP contribution in [-0.2, 0) is 7.05 Å². The van der Waals surface area contributed by atoms with Crippen LogP contribution in [0.15, 0.2) is 41.4 Å². The van der Waals surface area contributed by atoms with Gasteiger partial charge < -0.3 is 5.32 Å². The fourth-order valence-electron chi connectivity index (χ4n) is 2.62. The third kappa shape index (κ3) is 1.95. The van der Waals surface area contributed by atoms with E-state index in [1.807, 2.05) is 36.7 Å². The topological polar surface area (TPSA) is 29.9 Å². The number of nitrogens with zero attached hydrogens (tertiary/aromatic N) is 2. The summed E-state index contributed by atoms with van der Waals surface area (Å²) < 4.78 is 1.87. The Morgan fingerprint density at radius 1 is 1.39 bits per heavy atom. The van der Waals surface area contributed by atoms with Gasteiger partial charge in [-0.1, -0.05) is 18.2 Å².